The van der Waals surface area contributed by atoms with Crippen molar-refractivity contribution in [2.75, 3.05) is 6.54 Å². The molecule has 0 spiro atoms. The molecular weight excluding hydrogens is 454 g/mol. The molecule has 2 aromatic rings. The third kappa shape index (κ3) is 5.36. The number of thiophene rings is 1. The number of piperidine rings is 1. The summed E-state index contributed by atoms with van der Waals surface area (Å²) in [6.45, 7) is 9.77. The van der Waals surface area contributed by atoms with Gasteiger partial charge in [0, 0.05) is 41.4 Å². The van der Waals surface area contributed by atoms with E-state index in [1.54, 1.807) is 11.3 Å². The fraction of sp³-hybridized carbons (Fsp3) is 0.750. The van der Waals surface area contributed by atoms with Crippen molar-refractivity contribution in [2.24, 2.45) is 5.92 Å². The third-order valence-corrected chi connectivity index (χ3v) is 9.86. The van der Waals surface area contributed by atoms with E-state index in [-0.39, 0.29) is 17.9 Å². The van der Waals surface area contributed by atoms with Gasteiger partial charge in [-0.05, 0) is 75.8 Å². The van der Waals surface area contributed by atoms with Crippen LogP contribution in [-0.4, -0.2) is 44.2 Å². The quantitative estimate of drug-likeness (QED) is 0.480. The zero-order chi connectivity index (χ0) is 24.5. The molecule has 4 atom stereocenters. The summed E-state index contributed by atoms with van der Waals surface area (Å²) in [5.74, 6) is 3.09. The molecule has 1 saturated carbocycles. The molecule has 6 nitrogen and oxygen atoms in total. The van der Waals surface area contributed by atoms with Gasteiger partial charge in [0.25, 0.3) is 0 Å². The summed E-state index contributed by atoms with van der Waals surface area (Å²) in [6.07, 6.45) is 11.7. The highest BCUT2D eigenvalue weighted by atomic mass is 32.1. The first-order chi connectivity index (χ1) is 16.9. The predicted octanol–water partition coefficient (Wildman–Crippen LogP) is 6.08. The number of amides is 1. The molecular formula is C28H43N5OS. The monoisotopic (exact) mass is 497 g/mol. The molecule has 1 aliphatic carbocycles. The van der Waals surface area contributed by atoms with E-state index in [1.165, 1.54) is 55.4 Å². The minimum Gasteiger partial charge on any atom is -0.348 e. The van der Waals surface area contributed by atoms with Gasteiger partial charge in [-0.15, -0.1) is 21.5 Å². The van der Waals surface area contributed by atoms with Gasteiger partial charge in [-0.25, -0.2) is 0 Å². The second kappa shape index (κ2) is 10.7. The molecule has 35 heavy (non-hydrogen) atoms. The SMILES string of the molecule is Cc1csc([C@H](CCN2[C@@H]3CC[C@H]2CC(n2c(C)nnc2C(C)C)C3)NC(=O)C2CCCCC2)c1. The maximum Gasteiger partial charge on any atom is 0.223 e. The highest BCUT2D eigenvalue weighted by Crippen LogP contribution is 2.42. The van der Waals surface area contributed by atoms with Gasteiger partial charge in [0.1, 0.15) is 11.6 Å². The van der Waals surface area contributed by atoms with Crippen molar-refractivity contribution in [3.63, 3.8) is 0 Å². The van der Waals surface area contributed by atoms with E-state index in [2.05, 4.69) is 64.1 Å². The van der Waals surface area contributed by atoms with Crippen LogP contribution in [0.5, 0.6) is 0 Å². The Bertz CT molecular complexity index is 993. The Balaban J connectivity index is 1.25. The maximum atomic E-state index is 13.1. The van der Waals surface area contributed by atoms with Gasteiger partial charge in [0.05, 0.1) is 6.04 Å². The number of fused-ring (bicyclic) bond motifs is 2. The second-order valence-corrected chi connectivity index (χ2v) is 12.5. The molecule has 4 heterocycles. The highest BCUT2D eigenvalue weighted by Gasteiger charge is 2.42. The van der Waals surface area contributed by atoms with Crippen LogP contribution in [0.25, 0.3) is 0 Å². The van der Waals surface area contributed by atoms with E-state index >= 15 is 0 Å². The lowest BCUT2D eigenvalue weighted by atomic mass is 9.88. The van der Waals surface area contributed by atoms with Crippen LogP contribution in [0.3, 0.4) is 0 Å². The van der Waals surface area contributed by atoms with Gasteiger partial charge in [0.2, 0.25) is 5.91 Å². The molecule has 2 aliphatic heterocycles. The Kier molecular flexibility index (Phi) is 7.63. The van der Waals surface area contributed by atoms with Gasteiger partial charge < -0.3 is 9.88 Å². The number of hydrogen-bond acceptors (Lipinski definition) is 5. The summed E-state index contributed by atoms with van der Waals surface area (Å²) in [5, 5.41) is 14.6. The molecule has 1 amide bonds. The van der Waals surface area contributed by atoms with Crippen molar-refractivity contribution in [3.8, 4) is 0 Å². The summed E-state index contributed by atoms with van der Waals surface area (Å²) >= 11 is 1.80. The average molecular weight is 498 g/mol. The number of nitrogens with zero attached hydrogens (tertiary/aromatic N) is 4. The van der Waals surface area contributed by atoms with Crippen molar-refractivity contribution < 1.29 is 4.79 Å². The largest absolute Gasteiger partial charge is 0.348 e. The van der Waals surface area contributed by atoms with Crippen LogP contribution in [0.2, 0.25) is 0 Å². The van der Waals surface area contributed by atoms with Gasteiger partial charge >= 0.3 is 0 Å². The van der Waals surface area contributed by atoms with Crippen LogP contribution in [0.1, 0.15) is 118 Å². The average Bonchev–Trinajstić information content (AvgIpc) is 3.52. The Morgan fingerprint density at radius 2 is 1.77 bits per heavy atom. The molecule has 1 unspecified atom stereocenters. The van der Waals surface area contributed by atoms with Crippen molar-refractivity contribution in [3.05, 3.63) is 33.5 Å². The molecule has 2 aromatic heterocycles. The summed E-state index contributed by atoms with van der Waals surface area (Å²) in [6, 6.07) is 4.17. The van der Waals surface area contributed by atoms with Crippen LogP contribution in [0.15, 0.2) is 11.4 Å². The zero-order valence-corrected chi connectivity index (χ0v) is 22.8. The minimum absolute atomic E-state index is 0.132. The molecule has 0 aromatic carbocycles. The van der Waals surface area contributed by atoms with Gasteiger partial charge in [-0.1, -0.05) is 33.1 Å². The van der Waals surface area contributed by atoms with E-state index in [0.29, 0.717) is 24.0 Å². The number of aromatic nitrogens is 3. The molecule has 0 radical (unpaired) electrons. The molecule has 2 bridgehead atoms. The minimum atomic E-state index is 0.132. The smallest absolute Gasteiger partial charge is 0.223 e. The van der Waals surface area contributed by atoms with Crippen molar-refractivity contribution in [1.29, 1.82) is 0 Å². The van der Waals surface area contributed by atoms with Gasteiger partial charge in [0.15, 0.2) is 0 Å². The summed E-state index contributed by atoms with van der Waals surface area (Å²) in [4.78, 5) is 17.2. The first-order valence-corrected chi connectivity index (χ1v) is 14.8. The Morgan fingerprint density at radius 3 is 2.40 bits per heavy atom. The fourth-order valence-electron chi connectivity index (χ4n) is 6.91. The number of nitrogens with one attached hydrogen (secondary N) is 1. The highest BCUT2D eigenvalue weighted by molar-refractivity contribution is 7.10. The van der Waals surface area contributed by atoms with Crippen molar-refractivity contribution in [2.45, 2.75) is 122 Å². The topological polar surface area (TPSA) is 63.1 Å². The van der Waals surface area contributed by atoms with Gasteiger partial charge in [-0.3, -0.25) is 9.69 Å². The normalized spacial score (nSPS) is 26.4. The second-order valence-electron chi connectivity index (χ2n) is 11.6. The molecule has 5 rings (SSSR count). The molecule has 3 aliphatic rings. The molecule has 1 N–H and O–H groups in total. The van der Waals surface area contributed by atoms with Crippen LogP contribution < -0.4 is 5.32 Å². The first-order valence-electron chi connectivity index (χ1n) is 13.9. The summed E-state index contributed by atoms with van der Waals surface area (Å²) < 4.78 is 2.44. The Labute approximate surface area is 214 Å². The number of carbonyl (C=O) groups excluding carboxylic acids is 1. The Hall–Kier alpha value is -1.73. The van der Waals surface area contributed by atoms with E-state index in [1.807, 2.05) is 0 Å². The summed E-state index contributed by atoms with van der Waals surface area (Å²) in [5.41, 5.74) is 1.30. The van der Waals surface area contributed by atoms with E-state index < -0.39 is 0 Å². The molecule has 192 valence electrons. The van der Waals surface area contributed by atoms with E-state index in [9.17, 15) is 4.79 Å². The number of rotatable bonds is 8. The van der Waals surface area contributed by atoms with Crippen molar-refractivity contribution in [1.82, 2.24) is 25.0 Å². The molecule has 3 fully saturated rings. The van der Waals surface area contributed by atoms with Crippen LogP contribution >= 0.6 is 11.3 Å². The van der Waals surface area contributed by atoms with Crippen LogP contribution in [0, 0.1) is 19.8 Å². The van der Waals surface area contributed by atoms with E-state index in [4.69, 9.17) is 0 Å². The number of hydrogen-bond donors (Lipinski definition) is 1. The zero-order valence-electron chi connectivity index (χ0n) is 22.0. The molecule has 7 heteroatoms. The number of aryl methyl sites for hydroxylation is 2. The molecule has 2 saturated heterocycles. The van der Waals surface area contributed by atoms with Gasteiger partial charge in [-0.2, -0.15) is 0 Å². The summed E-state index contributed by atoms with van der Waals surface area (Å²) in [7, 11) is 0. The van der Waals surface area contributed by atoms with Crippen LogP contribution in [-0.2, 0) is 4.79 Å². The van der Waals surface area contributed by atoms with Crippen molar-refractivity contribution >= 4 is 17.2 Å². The lowest BCUT2D eigenvalue weighted by Gasteiger charge is -2.40. The maximum absolute atomic E-state index is 13.1. The van der Waals surface area contributed by atoms with Crippen LogP contribution in [0.4, 0.5) is 0 Å². The lowest BCUT2D eigenvalue weighted by molar-refractivity contribution is -0.126. The third-order valence-electron chi connectivity index (χ3n) is 8.70. The fourth-order valence-corrected chi connectivity index (χ4v) is 7.89. The number of carbonyl (C=O) groups is 1. The predicted molar refractivity (Wildman–Crippen MR) is 142 cm³/mol. The first kappa shape index (κ1) is 24.9. The Morgan fingerprint density at radius 1 is 1.06 bits per heavy atom. The van der Waals surface area contributed by atoms with E-state index in [0.717, 1.165) is 37.5 Å². The standard InChI is InChI=1S/C28H43N5OS/c1-18(2)27-31-30-20(4)33(27)24-15-22-10-11-23(16-24)32(22)13-12-25(26-14-19(3)17-35-26)29-28(34)21-8-6-5-7-9-21/h14,17-18,21-25H,5-13,15-16H2,1-4H3,(H,29,34)/t22-,23+,24?,25-/m0/s1. The lowest BCUT2D eigenvalue weighted by Crippen LogP contribution is -2.45.